The third kappa shape index (κ3) is 5.50. The molecule has 3 N–H and O–H groups in total. The Labute approximate surface area is 111 Å². The van der Waals surface area contributed by atoms with E-state index in [1.54, 1.807) is 0 Å². The van der Waals surface area contributed by atoms with Gasteiger partial charge in [-0.05, 0) is 12.5 Å². The monoisotopic (exact) mass is 267 g/mol. The minimum absolute atomic E-state index is 0.133. The predicted octanol–water partition coefficient (Wildman–Crippen LogP) is 0.153. The highest BCUT2D eigenvalue weighted by molar-refractivity contribution is 5.76. The zero-order valence-electron chi connectivity index (χ0n) is 10.6. The molecule has 6 heteroatoms. The highest BCUT2D eigenvalue weighted by atomic mass is 16.5. The average Bonchev–Trinajstić information content (AvgIpc) is 2.37. The Morgan fingerprint density at radius 2 is 1.95 bits per heavy atom. The zero-order valence-corrected chi connectivity index (χ0v) is 10.6. The highest BCUT2D eigenvalue weighted by Gasteiger charge is 2.23. The fraction of sp³-hybridized carbons (Fsp3) is 0.385. The van der Waals surface area contributed by atoms with Gasteiger partial charge in [-0.1, -0.05) is 30.3 Å². The van der Waals surface area contributed by atoms with E-state index in [1.807, 2.05) is 30.3 Å². The molecule has 0 fully saturated rings. The molecule has 6 nitrogen and oxygen atoms in total. The molecule has 0 spiro atoms. The van der Waals surface area contributed by atoms with Crippen molar-refractivity contribution in [3.8, 4) is 0 Å². The molecule has 0 aromatic heterocycles. The molecule has 0 heterocycles. The molecule has 0 saturated carbocycles. The average molecular weight is 267 g/mol. The lowest BCUT2D eigenvalue weighted by Gasteiger charge is -2.16. The molecule has 0 amide bonds. The van der Waals surface area contributed by atoms with Gasteiger partial charge < -0.3 is 14.9 Å². The Bertz CT molecular complexity index is 418. The number of ether oxygens (including phenoxy) is 1. The van der Waals surface area contributed by atoms with Crippen LogP contribution in [0.15, 0.2) is 30.3 Å². The largest absolute Gasteiger partial charge is 0.480 e. The van der Waals surface area contributed by atoms with Crippen molar-refractivity contribution in [2.75, 3.05) is 6.54 Å². The number of hydrogen-bond acceptors (Lipinski definition) is 5. The molecule has 0 unspecified atom stereocenters. The van der Waals surface area contributed by atoms with Crippen LogP contribution in [0.1, 0.15) is 12.5 Å². The topological polar surface area (TPSA) is 95.9 Å². The number of carboxylic acids is 1. The van der Waals surface area contributed by atoms with Crippen LogP contribution in [0.2, 0.25) is 0 Å². The zero-order chi connectivity index (χ0) is 14.3. The number of aliphatic hydroxyl groups excluding tert-OH is 1. The second kappa shape index (κ2) is 7.50. The van der Waals surface area contributed by atoms with E-state index in [0.717, 1.165) is 5.56 Å². The van der Waals surface area contributed by atoms with E-state index < -0.39 is 24.1 Å². The van der Waals surface area contributed by atoms with Gasteiger partial charge in [-0.3, -0.25) is 14.9 Å². The molecule has 19 heavy (non-hydrogen) atoms. The second-order valence-electron chi connectivity index (χ2n) is 4.08. The minimum atomic E-state index is -1.22. The normalized spacial score (nSPS) is 13.6. The van der Waals surface area contributed by atoms with Gasteiger partial charge >= 0.3 is 11.9 Å². The molecule has 104 valence electrons. The Balaban J connectivity index is 2.33. The molecule has 1 aromatic carbocycles. The Morgan fingerprint density at radius 1 is 1.32 bits per heavy atom. The van der Waals surface area contributed by atoms with Crippen LogP contribution in [0.4, 0.5) is 0 Å². The lowest BCUT2D eigenvalue weighted by atomic mass is 10.2. The molecular formula is C13H17NO5. The van der Waals surface area contributed by atoms with Gasteiger partial charge in [0.25, 0.3) is 0 Å². The van der Waals surface area contributed by atoms with Crippen molar-refractivity contribution in [2.45, 2.75) is 25.7 Å². The Hall–Kier alpha value is -1.92. The lowest BCUT2D eigenvalue weighted by Crippen LogP contribution is -2.46. The van der Waals surface area contributed by atoms with Gasteiger partial charge in [0.2, 0.25) is 0 Å². The van der Waals surface area contributed by atoms with E-state index in [9.17, 15) is 14.7 Å². The Kier molecular flexibility index (Phi) is 5.98. The maximum Gasteiger partial charge on any atom is 0.323 e. The van der Waals surface area contributed by atoms with Crippen molar-refractivity contribution in [3.05, 3.63) is 35.9 Å². The summed E-state index contributed by atoms with van der Waals surface area (Å²) in [6.45, 7) is 1.20. The van der Waals surface area contributed by atoms with E-state index in [2.05, 4.69) is 5.32 Å². The summed E-state index contributed by atoms with van der Waals surface area (Å²) >= 11 is 0. The minimum Gasteiger partial charge on any atom is -0.480 e. The van der Waals surface area contributed by atoms with E-state index in [4.69, 9.17) is 9.84 Å². The molecule has 1 aromatic rings. The number of aliphatic carboxylic acids is 1. The van der Waals surface area contributed by atoms with Crippen molar-refractivity contribution < 1.29 is 24.5 Å². The van der Waals surface area contributed by atoms with Crippen LogP contribution in [0.5, 0.6) is 0 Å². The van der Waals surface area contributed by atoms with Crippen molar-refractivity contribution in [1.29, 1.82) is 0 Å². The lowest BCUT2D eigenvalue weighted by molar-refractivity contribution is -0.145. The molecule has 2 atom stereocenters. The summed E-state index contributed by atoms with van der Waals surface area (Å²) in [6, 6.07) is 7.95. The molecule has 1 rings (SSSR count). The number of nitrogens with one attached hydrogen (secondary N) is 1. The van der Waals surface area contributed by atoms with Crippen molar-refractivity contribution in [1.82, 2.24) is 5.32 Å². The van der Waals surface area contributed by atoms with Crippen LogP contribution in [0.3, 0.4) is 0 Å². The summed E-state index contributed by atoms with van der Waals surface area (Å²) in [4.78, 5) is 22.2. The van der Waals surface area contributed by atoms with Gasteiger partial charge in [0.1, 0.15) is 12.6 Å². The Morgan fingerprint density at radius 3 is 2.47 bits per heavy atom. The fourth-order valence-electron chi connectivity index (χ4n) is 1.45. The maximum absolute atomic E-state index is 11.4. The molecule has 0 saturated heterocycles. The number of rotatable bonds is 7. The van der Waals surface area contributed by atoms with E-state index in [1.165, 1.54) is 6.92 Å². The first kappa shape index (κ1) is 15.1. The number of hydrogen-bond donors (Lipinski definition) is 3. The predicted molar refractivity (Wildman–Crippen MR) is 67.3 cm³/mol. The summed E-state index contributed by atoms with van der Waals surface area (Å²) < 4.78 is 4.96. The fourth-order valence-corrected chi connectivity index (χ4v) is 1.45. The van der Waals surface area contributed by atoms with Gasteiger partial charge in [-0.25, -0.2) is 0 Å². The molecule has 0 bridgehead atoms. The first-order valence-electron chi connectivity index (χ1n) is 5.84. The number of carbonyl (C=O) groups excluding carboxylic acids is 1. The summed E-state index contributed by atoms with van der Waals surface area (Å²) in [5, 5.41) is 20.4. The standard InChI is InChI=1S/C13H17NO5/c1-9(15)12(13(17)18)14-7-11(16)19-8-10-5-3-2-4-6-10/h2-6,9,12,14-15H,7-8H2,1H3,(H,17,18)/t9-,12+/m1/s1. The molecule has 0 radical (unpaired) electrons. The molecular weight excluding hydrogens is 250 g/mol. The van der Waals surface area contributed by atoms with Crippen LogP contribution >= 0.6 is 0 Å². The summed E-state index contributed by atoms with van der Waals surface area (Å²) in [5.74, 6) is -1.79. The third-order valence-corrected chi connectivity index (χ3v) is 2.46. The van der Waals surface area contributed by atoms with Crippen molar-refractivity contribution >= 4 is 11.9 Å². The third-order valence-electron chi connectivity index (χ3n) is 2.46. The molecule has 0 aliphatic rings. The number of benzene rings is 1. The van der Waals surface area contributed by atoms with E-state index >= 15 is 0 Å². The van der Waals surface area contributed by atoms with Gasteiger partial charge in [0, 0.05) is 0 Å². The van der Waals surface area contributed by atoms with Crippen LogP contribution in [-0.2, 0) is 20.9 Å². The van der Waals surface area contributed by atoms with E-state index in [-0.39, 0.29) is 13.2 Å². The van der Waals surface area contributed by atoms with Crippen molar-refractivity contribution in [3.63, 3.8) is 0 Å². The second-order valence-corrected chi connectivity index (χ2v) is 4.08. The summed E-state index contributed by atoms with van der Waals surface area (Å²) in [5.41, 5.74) is 0.848. The van der Waals surface area contributed by atoms with Crippen LogP contribution in [0.25, 0.3) is 0 Å². The van der Waals surface area contributed by atoms with Gasteiger partial charge in [0.05, 0.1) is 12.6 Å². The summed E-state index contributed by atoms with van der Waals surface area (Å²) in [7, 11) is 0. The number of aliphatic hydroxyl groups is 1. The van der Waals surface area contributed by atoms with Crippen LogP contribution in [-0.4, -0.2) is 40.8 Å². The van der Waals surface area contributed by atoms with E-state index in [0.29, 0.717) is 0 Å². The van der Waals surface area contributed by atoms with Gasteiger partial charge in [0.15, 0.2) is 0 Å². The summed E-state index contributed by atoms with van der Waals surface area (Å²) in [6.07, 6.45) is -1.10. The smallest absolute Gasteiger partial charge is 0.323 e. The highest BCUT2D eigenvalue weighted by Crippen LogP contribution is 2.00. The van der Waals surface area contributed by atoms with Gasteiger partial charge in [-0.2, -0.15) is 0 Å². The van der Waals surface area contributed by atoms with Gasteiger partial charge in [-0.15, -0.1) is 0 Å². The van der Waals surface area contributed by atoms with Crippen molar-refractivity contribution in [2.24, 2.45) is 0 Å². The quantitative estimate of drug-likeness (QED) is 0.609. The first-order chi connectivity index (χ1) is 9.00. The molecule has 0 aliphatic carbocycles. The number of carbonyl (C=O) groups is 2. The van der Waals surface area contributed by atoms with Crippen LogP contribution < -0.4 is 5.32 Å². The SMILES string of the molecule is C[C@@H](O)[C@H](NCC(=O)OCc1ccccc1)C(=O)O. The number of esters is 1. The number of carboxylic acid groups (broad SMARTS) is 1. The van der Waals surface area contributed by atoms with Crippen LogP contribution in [0, 0.1) is 0 Å². The maximum atomic E-state index is 11.4. The molecule has 0 aliphatic heterocycles. The first-order valence-corrected chi connectivity index (χ1v) is 5.84.